The number of aromatic nitrogens is 4. The fourth-order valence-electron chi connectivity index (χ4n) is 4.63. The van der Waals surface area contributed by atoms with Crippen LogP contribution in [0.5, 0.6) is 0 Å². The van der Waals surface area contributed by atoms with E-state index in [2.05, 4.69) is 61.8 Å². The molecule has 1 N–H and O–H groups in total. The quantitative estimate of drug-likeness (QED) is 0.433. The maximum absolute atomic E-state index is 5.83. The largest absolute Gasteiger partial charge is 0.352 e. The molecule has 4 aromatic heterocycles. The normalized spacial score (nSPS) is 17.9. The summed E-state index contributed by atoms with van der Waals surface area (Å²) >= 11 is 5.83. The third-order valence-electron chi connectivity index (χ3n) is 6.25. The first-order chi connectivity index (χ1) is 16.1. The van der Waals surface area contributed by atoms with Gasteiger partial charge in [-0.2, -0.15) is 0 Å². The van der Waals surface area contributed by atoms with Crippen molar-refractivity contribution in [1.29, 1.82) is 0 Å². The van der Waals surface area contributed by atoms with Crippen LogP contribution in [0.3, 0.4) is 0 Å². The highest BCUT2D eigenvalue weighted by atomic mass is 32.1. The molecule has 4 aromatic rings. The van der Waals surface area contributed by atoms with E-state index in [-0.39, 0.29) is 12.1 Å². The highest BCUT2D eigenvalue weighted by molar-refractivity contribution is 7.80. The summed E-state index contributed by atoms with van der Waals surface area (Å²) in [5, 5.41) is 4.26. The standard InChI is InChI=1S/C26H26N6S/c1-18-14-22(19(2)31(18)16-20-8-7-11-27-15-20)25-24(23-10-4-6-13-29-23)30-26(33)32(25)17-21-9-3-5-12-28-21/h3-15,24-25H,16-17H2,1-2H3,(H,30,33)/t24-,25+/m1/s1. The monoisotopic (exact) mass is 454 g/mol. The molecule has 33 heavy (non-hydrogen) atoms. The van der Waals surface area contributed by atoms with Crippen LogP contribution < -0.4 is 5.32 Å². The third kappa shape index (κ3) is 4.24. The fraction of sp³-hybridized carbons (Fsp3) is 0.231. The highest BCUT2D eigenvalue weighted by Crippen LogP contribution is 2.41. The minimum atomic E-state index is -0.0465. The van der Waals surface area contributed by atoms with E-state index in [1.165, 1.54) is 22.5 Å². The Morgan fingerprint density at radius 3 is 2.45 bits per heavy atom. The van der Waals surface area contributed by atoms with Gasteiger partial charge in [-0.1, -0.05) is 18.2 Å². The van der Waals surface area contributed by atoms with Crippen LogP contribution in [0.25, 0.3) is 0 Å². The molecule has 0 amide bonds. The average Bonchev–Trinajstić information content (AvgIpc) is 3.31. The Morgan fingerprint density at radius 1 is 0.939 bits per heavy atom. The van der Waals surface area contributed by atoms with Crippen molar-refractivity contribution in [2.24, 2.45) is 0 Å². The maximum Gasteiger partial charge on any atom is 0.170 e. The average molecular weight is 455 g/mol. The molecule has 0 radical (unpaired) electrons. The summed E-state index contributed by atoms with van der Waals surface area (Å²) in [6, 6.07) is 18.4. The third-order valence-corrected chi connectivity index (χ3v) is 6.60. The summed E-state index contributed by atoms with van der Waals surface area (Å²) in [6.45, 7) is 5.76. The van der Waals surface area contributed by atoms with Crippen molar-refractivity contribution < 1.29 is 0 Å². The Balaban J connectivity index is 1.56. The molecule has 0 aromatic carbocycles. The van der Waals surface area contributed by atoms with Crippen LogP contribution >= 0.6 is 12.2 Å². The maximum atomic E-state index is 5.83. The molecule has 5 rings (SSSR count). The molecule has 1 aliphatic heterocycles. The molecule has 0 bridgehead atoms. The predicted molar refractivity (Wildman–Crippen MR) is 132 cm³/mol. The number of aryl methyl sites for hydroxylation is 1. The van der Waals surface area contributed by atoms with Gasteiger partial charge in [0, 0.05) is 42.7 Å². The van der Waals surface area contributed by atoms with Gasteiger partial charge < -0.3 is 14.8 Å². The topological polar surface area (TPSA) is 58.9 Å². The molecule has 6 nitrogen and oxygen atoms in total. The molecule has 0 aliphatic carbocycles. The molecule has 1 aliphatic rings. The summed E-state index contributed by atoms with van der Waals surface area (Å²) in [7, 11) is 0. The smallest absolute Gasteiger partial charge is 0.170 e. The van der Waals surface area contributed by atoms with Gasteiger partial charge in [0.05, 0.1) is 30.0 Å². The zero-order valence-electron chi connectivity index (χ0n) is 18.7. The molecule has 166 valence electrons. The number of nitrogens with zero attached hydrogens (tertiary/aromatic N) is 5. The Hall–Kier alpha value is -3.58. The van der Waals surface area contributed by atoms with Crippen molar-refractivity contribution >= 4 is 17.3 Å². The first kappa shape index (κ1) is 21.3. The molecule has 0 saturated carbocycles. The van der Waals surface area contributed by atoms with Gasteiger partial charge >= 0.3 is 0 Å². The number of rotatable bonds is 6. The molecule has 0 unspecified atom stereocenters. The van der Waals surface area contributed by atoms with E-state index < -0.39 is 0 Å². The van der Waals surface area contributed by atoms with Crippen molar-refractivity contribution in [3.8, 4) is 0 Å². The molecule has 7 heteroatoms. The summed E-state index contributed by atoms with van der Waals surface area (Å²) in [4.78, 5) is 15.7. The van der Waals surface area contributed by atoms with Gasteiger partial charge in [0.25, 0.3) is 0 Å². The van der Waals surface area contributed by atoms with E-state index >= 15 is 0 Å². The summed E-state index contributed by atoms with van der Waals surface area (Å²) in [6.07, 6.45) is 7.40. The molecular formula is C26H26N6S. The molecule has 1 fully saturated rings. The van der Waals surface area contributed by atoms with E-state index in [1.54, 1.807) is 0 Å². The molecule has 5 heterocycles. The van der Waals surface area contributed by atoms with Crippen LogP contribution in [0.2, 0.25) is 0 Å². The Kier molecular flexibility index (Phi) is 5.88. The molecular weight excluding hydrogens is 428 g/mol. The Morgan fingerprint density at radius 2 is 1.76 bits per heavy atom. The van der Waals surface area contributed by atoms with E-state index in [4.69, 9.17) is 12.2 Å². The lowest BCUT2D eigenvalue weighted by Crippen LogP contribution is -2.29. The number of pyridine rings is 3. The zero-order valence-corrected chi connectivity index (χ0v) is 19.5. The van der Waals surface area contributed by atoms with Gasteiger partial charge in [-0.15, -0.1) is 0 Å². The lowest BCUT2D eigenvalue weighted by molar-refractivity contribution is 0.307. The van der Waals surface area contributed by atoms with Gasteiger partial charge in [0.15, 0.2) is 5.11 Å². The summed E-state index contributed by atoms with van der Waals surface area (Å²) in [5.74, 6) is 0. The van der Waals surface area contributed by atoms with Crippen molar-refractivity contribution in [2.45, 2.75) is 39.0 Å². The van der Waals surface area contributed by atoms with Gasteiger partial charge in [0.1, 0.15) is 0 Å². The van der Waals surface area contributed by atoms with Gasteiger partial charge in [-0.3, -0.25) is 15.0 Å². The molecule has 2 atom stereocenters. The van der Waals surface area contributed by atoms with E-state index in [0.29, 0.717) is 6.54 Å². The van der Waals surface area contributed by atoms with Crippen molar-refractivity contribution in [1.82, 2.24) is 29.7 Å². The fourth-order valence-corrected chi connectivity index (χ4v) is 4.93. The van der Waals surface area contributed by atoms with Crippen molar-refractivity contribution in [3.63, 3.8) is 0 Å². The van der Waals surface area contributed by atoms with E-state index in [0.717, 1.165) is 23.0 Å². The number of thiocarbonyl (C=S) groups is 1. The van der Waals surface area contributed by atoms with Crippen LogP contribution in [-0.2, 0) is 13.1 Å². The van der Waals surface area contributed by atoms with E-state index in [1.807, 2.05) is 61.2 Å². The minimum absolute atomic E-state index is 0.00301. The van der Waals surface area contributed by atoms with Crippen LogP contribution in [0, 0.1) is 13.8 Å². The van der Waals surface area contributed by atoms with Gasteiger partial charge in [-0.25, -0.2) is 0 Å². The number of hydrogen-bond donors (Lipinski definition) is 1. The number of hydrogen-bond acceptors (Lipinski definition) is 4. The second kappa shape index (κ2) is 9.11. The highest BCUT2D eigenvalue weighted by Gasteiger charge is 2.41. The predicted octanol–water partition coefficient (Wildman–Crippen LogP) is 4.51. The Bertz CT molecular complexity index is 1240. The van der Waals surface area contributed by atoms with Crippen LogP contribution in [0.1, 0.15) is 46.0 Å². The second-order valence-electron chi connectivity index (χ2n) is 8.35. The molecule has 1 saturated heterocycles. The summed E-state index contributed by atoms with van der Waals surface area (Å²) < 4.78 is 2.35. The molecule has 0 spiro atoms. The van der Waals surface area contributed by atoms with Crippen LogP contribution in [-0.4, -0.2) is 29.5 Å². The van der Waals surface area contributed by atoms with Crippen LogP contribution in [0.15, 0.2) is 79.4 Å². The minimum Gasteiger partial charge on any atom is -0.352 e. The second-order valence-corrected chi connectivity index (χ2v) is 8.74. The van der Waals surface area contributed by atoms with Gasteiger partial charge in [-0.05, 0) is 73.6 Å². The summed E-state index contributed by atoms with van der Waals surface area (Å²) in [5.41, 5.74) is 6.82. The first-order valence-corrected chi connectivity index (χ1v) is 11.5. The lowest BCUT2D eigenvalue weighted by Gasteiger charge is -2.28. The SMILES string of the molecule is Cc1cc([C@H]2[C@@H](c3ccccn3)NC(=S)N2Cc2ccccn2)c(C)n1Cc1cccnc1. The van der Waals surface area contributed by atoms with Crippen molar-refractivity contribution in [2.75, 3.05) is 0 Å². The van der Waals surface area contributed by atoms with Crippen molar-refractivity contribution in [3.05, 3.63) is 113 Å². The van der Waals surface area contributed by atoms with Crippen LogP contribution in [0.4, 0.5) is 0 Å². The van der Waals surface area contributed by atoms with E-state index in [9.17, 15) is 0 Å². The Labute approximate surface area is 199 Å². The first-order valence-electron chi connectivity index (χ1n) is 11.1. The lowest BCUT2D eigenvalue weighted by atomic mass is 9.96. The number of nitrogens with one attached hydrogen (secondary N) is 1. The van der Waals surface area contributed by atoms with Gasteiger partial charge in [0.2, 0.25) is 0 Å². The zero-order chi connectivity index (χ0) is 22.8.